The van der Waals surface area contributed by atoms with Gasteiger partial charge in [-0.1, -0.05) is 0 Å². The van der Waals surface area contributed by atoms with Gasteiger partial charge in [0, 0.05) is 45.5 Å². The standard InChI is InChI=1S/C12H20N2O2/c1-16-9-8-14(7-3-6-13)11-4-2-5-12(15)10-11/h11H,2-5,7-10H2,1H3. The zero-order valence-corrected chi connectivity index (χ0v) is 9.95. The van der Waals surface area contributed by atoms with E-state index in [0.29, 0.717) is 31.3 Å². The van der Waals surface area contributed by atoms with Crippen molar-refractivity contribution < 1.29 is 9.53 Å². The fourth-order valence-electron chi connectivity index (χ4n) is 2.19. The van der Waals surface area contributed by atoms with E-state index in [-0.39, 0.29) is 0 Å². The van der Waals surface area contributed by atoms with Gasteiger partial charge in [-0.3, -0.25) is 9.69 Å². The van der Waals surface area contributed by atoms with Gasteiger partial charge < -0.3 is 4.74 Å². The molecule has 0 aromatic carbocycles. The molecule has 0 spiro atoms. The van der Waals surface area contributed by atoms with E-state index in [1.165, 1.54) is 0 Å². The monoisotopic (exact) mass is 224 g/mol. The molecule has 16 heavy (non-hydrogen) atoms. The van der Waals surface area contributed by atoms with E-state index in [9.17, 15) is 4.79 Å². The smallest absolute Gasteiger partial charge is 0.134 e. The topological polar surface area (TPSA) is 53.3 Å². The molecule has 0 aromatic heterocycles. The third-order valence-electron chi connectivity index (χ3n) is 3.07. The van der Waals surface area contributed by atoms with E-state index in [1.54, 1.807) is 7.11 Å². The van der Waals surface area contributed by atoms with Crippen molar-refractivity contribution in [2.24, 2.45) is 0 Å². The van der Waals surface area contributed by atoms with Crippen LogP contribution in [0.4, 0.5) is 0 Å². The van der Waals surface area contributed by atoms with Crippen LogP contribution in [0.3, 0.4) is 0 Å². The van der Waals surface area contributed by atoms with Crippen LogP contribution in [0, 0.1) is 11.3 Å². The first-order valence-electron chi connectivity index (χ1n) is 5.89. The number of ether oxygens (including phenoxy) is 1. The second-order valence-electron chi connectivity index (χ2n) is 4.23. The summed E-state index contributed by atoms with van der Waals surface area (Å²) >= 11 is 0. The van der Waals surface area contributed by atoms with Crippen molar-refractivity contribution in [3.63, 3.8) is 0 Å². The summed E-state index contributed by atoms with van der Waals surface area (Å²) in [5, 5.41) is 8.62. The van der Waals surface area contributed by atoms with Gasteiger partial charge in [0.05, 0.1) is 12.7 Å². The Morgan fingerprint density at radius 3 is 3.00 bits per heavy atom. The van der Waals surface area contributed by atoms with E-state index in [0.717, 1.165) is 32.4 Å². The summed E-state index contributed by atoms with van der Waals surface area (Å²) in [7, 11) is 1.68. The predicted octanol–water partition coefficient (Wildman–Crippen LogP) is 1.36. The maximum absolute atomic E-state index is 11.4. The largest absolute Gasteiger partial charge is 0.383 e. The lowest BCUT2D eigenvalue weighted by Crippen LogP contribution is -2.41. The predicted molar refractivity (Wildman–Crippen MR) is 60.9 cm³/mol. The van der Waals surface area contributed by atoms with Gasteiger partial charge in [-0.05, 0) is 12.8 Å². The fraction of sp³-hybridized carbons (Fsp3) is 0.833. The van der Waals surface area contributed by atoms with Gasteiger partial charge in [-0.2, -0.15) is 5.26 Å². The van der Waals surface area contributed by atoms with Crippen molar-refractivity contribution in [2.45, 2.75) is 38.1 Å². The molecular formula is C12H20N2O2. The lowest BCUT2D eigenvalue weighted by molar-refractivity contribution is -0.122. The number of methoxy groups -OCH3 is 1. The molecular weight excluding hydrogens is 204 g/mol. The average Bonchev–Trinajstić information content (AvgIpc) is 2.29. The Bertz CT molecular complexity index is 260. The second kappa shape index (κ2) is 7.37. The zero-order valence-electron chi connectivity index (χ0n) is 9.95. The molecule has 1 rings (SSSR count). The number of carbonyl (C=O) groups excluding carboxylic acids is 1. The molecule has 4 nitrogen and oxygen atoms in total. The van der Waals surface area contributed by atoms with Crippen LogP contribution in [0.5, 0.6) is 0 Å². The summed E-state index contributed by atoms with van der Waals surface area (Å²) in [6.07, 6.45) is 3.96. The molecule has 0 bridgehead atoms. The number of ketones is 1. The Balaban J connectivity index is 2.45. The summed E-state index contributed by atoms with van der Waals surface area (Å²) in [4.78, 5) is 13.6. The van der Waals surface area contributed by atoms with Crippen molar-refractivity contribution in [1.82, 2.24) is 4.90 Å². The first-order chi connectivity index (χ1) is 7.77. The lowest BCUT2D eigenvalue weighted by atomic mass is 9.93. The Hall–Kier alpha value is -0.920. The van der Waals surface area contributed by atoms with E-state index in [4.69, 9.17) is 10.00 Å². The highest BCUT2D eigenvalue weighted by Crippen LogP contribution is 2.20. The number of hydrogen-bond acceptors (Lipinski definition) is 4. The number of hydrogen-bond donors (Lipinski definition) is 0. The van der Waals surface area contributed by atoms with Gasteiger partial charge in [-0.25, -0.2) is 0 Å². The summed E-state index contributed by atoms with van der Waals surface area (Å²) in [5.74, 6) is 0.357. The molecule has 0 radical (unpaired) electrons. The third-order valence-corrected chi connectivity index (χ3v) is 3.07. The highest BCUT2D eigenvalue weighted by molar-refractivity contribution is 5.79. The SMILES string of the molecule is COCCN(CCC#N)C1CCCC(=O)C1. The Kier molecular flexibility index (Phi) is 6.05. The van der Waals surface area contributed by atoms with E-state index < -0.39 is 0 Å². The van der Waals surface area contributed by atoms with Crippen molar-refractivity contribution in [2.75, 3.05) is 26.8 Å². The molecule has 0 amide bonds. The number of nitriles is 1. The minimum atomic E-state index is 0.324. The van der Waals surface area contributed by atoms with Crippen LogP contribution in [0.1, 0.15) is 32.1 Å². The number of nitrogens with zero attached hydrogens (tertiary/aromatic N) is 2. The van der Waals surface area contributed by atoms with Gasteiger partial charge in [-0.15, -0.1) is 0 Å². The maximum atomic E-state index is 11.4. The van der Waals surface area contributed by atoms with Crippen molar-refractivity contribution in [1.29, 1.82) is 5.26 Å². The van der Waals surface area contributed by atoms with Crippen molar-refractivity contribution in [3.05, 3.63) is 0 Å². The molecule has 1 fully saturated rings. The summed E-state index contributed by atoms with van der Waals surface area (Å²) in [6.45, 7) is 2.23. The quantitative estimate of drug-likeness (QED) is 0.683. The first kappa shape index (κ1) is 13.1. The molecule has 1 saturated carbocycles. The van der Waals surface area contributed by atoms with Gasteiger partial charge in [0.15, 0.2) is 0 Å². The van der Waals surface area contributed by atoms with Crippen LogP contribution < -0.4 is 0 Å². The molecule has 0 aromatic rings. The molecule has 0 aliphatic heterocycles. The third kappa shape index (κ3) is 4.30. The van der Waals surface area contributed by atoms with Crippen molar-refractivity contribution >= 4 is 5.78 Å². The molecule has 1 aliphatic rings. The zero-order chi connectivity index (χ0) is 11.8. The van der Waals surface area contributed by atoms with Crippen LogP contribution in [0.2, 0.25) is 0 Å². The molecule has 0 heterocycles. The minimum absolute atomic E-state index is 0.324. The molecule has 90 valence electrons. The summed E-state index contributed by atoms with van der Waals surface area (Å²) in [5.41, 5.74) is 0. The van der Waals surface area contributed by atoms with Gasteiger partial charge in [0.1, 0.15) is 5.78 Å². The van der Waals surface area contributed by atoms with Crippen LogP contribution in [0.15, 0.2) is 0 Å². The lowest BCUT2D eigenvalue weighted by Gasteiger charge is -2.33. The second-order valence-corrected chi connectivity index (χ2v) is 4.23. The van der Waals surface area contributed by atoms with Gasteiger partial charge in [0.25, 0.3) is 0 Å². The highest BCUT2D eigenvalue weighted by Gasteiger charge is 2.24. The van der Waals surface area contributed by atoms with E-state index in [1.807, 2.05) is 0 Å². The molecule has 0 saturated heterocycles. The Morgan fingerprint density at radius 2 is 2.38 bits per heavy atom. The summed E-state index contributed by atoms with van der Waals surface area (Å²) < 4.78 is 5.06. The van der Waals surface area contributed by atoms with Crippen LogP contribution in [-0.2, 0) is 9.53 Å². The molecule has 1 unspecified atom stereocenters. The molecule has 1 atom stereocenters. The van der Waals surface area contributed by atoms with Gasteiger partial charge >= 0.3 is 0 Å². The van der Waals surface area contributed by atoms with Crippen LogP contribution in [-0.4, -0.2) is 43.5 Å². The first-order valence-corrected chi connectivity index (χ1v) is 5.89. The Labute approximate surface area is 97.2 Å². The molecule has 4 heteroatoms. The van der Waals surface area contributed by atoms with Crippen LogP contribution in [0.25, 0.3) is 0 Å². The van der Waals surface area contributed by atoms with Crippen molar-refractivity contribution in [3.8, 4) is 6.07 Å². The molecule has 0 N–H and O–H groups in total. The molecule has 1 aliphatic carbocycles. The normalized spacial score (nSPS) is 21.1. The van der Waals surface area contributed by atoms with Crippen LogP contribution >= 0.6 is 0 Å². The number of Topliss-reactive ketones (excluding diaryl/α,β-unsaturated/α-hetero) is 1. The van der Waals surface area contributed by atoms with E-state index >= 15 is 0 Å². The van der Waals surface area contributed by atoms with E-state index in [2.05, 4.69) is 11.0 Å². The maximum Gasteiger partial charge on any atom is 0.134 e. The number of rotatable bonds is 6. The highest BCUT2D eigenvalue weighted by atomic mass is 16.5. The minimum Gasteiger partial charge on any atom is -0.383 e. The number of carbonyl (C=O) groups is 1. The summed E-state index contributed by atoms with van der Waals surface area (Å²) in [6, 6.07) is 2.48. The Morgan fingerprint density at radius 1 is 1.56 bits per heavy atom. The fourth-order valence-corrected chi connectivity index (χ4v) is 2.19. The van der Waals surface area contributed by atoms with Gasteiger partial charge in [0.2, 0.25) is 0 Å². The average molecular weight is 224 g/mol.